The van der Waals surface area contributed by atoms with E-state index in [-0.39, 0.29) is 33.3 Å². The Hall–Kier alpha value is -3.20. The molecular weight excluding hydrogens is 475 g/mol. The van der Waals surface area contributed by atoms with Gasteiger partial charge in [0.15, 0.2) is 11.5 Å². The minimum absolute atomic E-state index is 0.00226. The van der Waals surface area contributed by atoms with Gasteiger partial charge in [0.1, 0.15) is 0 Å². The summed E-state index contributed by atoms with van der Waals surface area (Å²) < 4.78 is 38.2. The summed E-state index contributed by atoms with van der Waals surface area (Å²) in [5.74, 6) is 0.910. The quantitative estimate of drug-likeness (QED) is 0.464. The maximum absolute atomic E-state index is 12.6. The van der Waals surface area contributed by atoms with Crippen LogP contribution in [0.2, 0.25) is 10.0 Å². The average Bonchev–Trinajstić information content (AvgIpc) is 3.24. The summed E-state index contributed by atoms with van der Waals surface area (Å²) in [5.41, 5.74) is 1.38. The van der Waals surface area contributed by atoms with Gasteiger partial charge in [0.05, 0.1) is 20.6 Å². The largest absolute Gasteiger partial charge is 0.454 e. The molecule has 1 heterocycles. The first kappa shape index (κ1) is 22.0. The third-order valence-electron chi connectivity index (χ3n) is 4.45. The van der Waals surface area contributed by atoms with Gasteiger partial charge < -0.3 is 14.8 Å². The van der Waals surface area contributed by atoms with Crippen molar-refractivity contribution in [2.75, 3.05) is 16.8 Å². The van der Waals surface area contributed by atoms with Crippen LogP contribution >= 0.6 is 23.2 Å². The van der Waals surface area contributed by atoms with Gasteiger partial charge in [-0.15, -0.1) is 0 Å². The third kappa shape index (κ3) is 4.99. The Morgan fingerprint density at radius 2 is 1.72 bits per heavy atom. The molecule has 0 bridgehead atoms. The molecule has 3 aromatic carbocycles. The molecule has 0 spiro atoms. The molecule has 1 amide bonds. The van der Waals surface area contributed by atoms with Crippen LogP contribution in [0.3, 0.4) is 0 Å². The van der Waals surface area contributed by atoms with Crippen LogP contribution in [0.15, 0.2) is 71.6 Å². The Labute approximate surface area is 194 Å². The molecule has 0 aromatic heterocycles. The van der Waals surface area contributed by atoms with E-state index in [9.17, 15) is 13.2 Å². The lowest BCUT2D eigenvalue weighted by Crippen LogP contribution is -2.13. The van der Waals surface area contributed by atoms with E-state index in [0.29, 0.717) is 17.2 Å². The van der Waals surface area contributed by atoms with Crippen LogP contribution in [0.25, 0.3) is 6.08 Å². The smallest absolute Gasteiger partial charge is 0.261 e. The second-order valence-corrected chi connectivity index (χ2v) is 9.13. The molecule has 3 aromatic rings. The number of ether oxygens (including phenoxy) is 2. The standard InChI is InChI=1S/C22H16Cl2N2O5S/c23-17-2-1-3-18(22(17)24)26-32(28,29)16-8-6-15(7-9-16)25-21(27)11-5-14-4-10-19-20(12-14)31-13-30-19/h1-12,26H,13H2,(H,25,27)/b11-5+. The topological polar surface area (TPSA) is 93.7 Å². The second kappa shape index (κ2) is 9.12. The molecule has 0 radical (unpaired) electrons. The molecule has 164 valence electrons. The van der Waals surface area contributed by atoms with Crippen molar-refractivity contribution in [3.63, 3.8) is 0 Å². The zero-order valence-electron chi connectivity index (χ0n) is 16.3. The molecule has 1 aliphatic heterocycles. The summed E-state index contributed by atoms with van der Waals surface area (Å²) in [7, 11) is -3.89. The van der Waals surface area contributed by atoms with Crippen molar-refractivity contribution in [2.45, 2.75) is 4.90 Å². The Balaban J connectivity index is 1.40. The zero-order chi connectivity index (χ0) is 22.7. The summed E-state index contributed by atoms with van der Waals surface area (Å²) in [5, 5.41) is 3.02. The lowest BCUT2D eigenvalue weighted by Gasteiger charge is -2.11. The summed E-state index contributed by atoms with van der Waals surface area (Å²) in [4.78, 5) is 12.2. The van der Waals surface area contributed by atoms with E-state index in [1.807, 2.05) is 0 Å². The summed E-state index contributed by atoms with van der Waals surface area (Å²) in [6, 6.07) is 15.7. The number of benzene rings is 3. The first-order valence-electron chi connectivity index (χ1n) is 9.27. The van der Waals surface area contributed by atoms with Gasteiger partial charge in [0, 0.05) is 11.8 Å². The number of hydrogen-bond donors (Lipinski definition) is 2. The maximum Gasteiger partial charge on any atom is 0.261 e. The monoisotopic (exact) mass is 490 g/mol. The van der Waals surface area contributed by atoms with Crippen LogP contribution in [-0.4, -0.2) is 21.1 Å². The molecule has 0 aliphatic carbocycles. The molecule has 2 N–H and O–H groups in total. The highest BCUT2D eigenvalue weighted by Gasteiger charge is 2.17. The number of hydrogen-bond acceptors (Lipinski definition) is 5. The molecular formula is C22H16Cl2N2O5S. The van der Waals surface area contributed by atoms with Gasteiger partial charge >= 0.3 is 0 Å². The molecule has 10 heteroatoms. The molecule has 32 heavy (non-hydrogen) atoms. The van der Waals surface area contributed by atoms with Gasteiger partial charge in [-0.25, -0.2) is 8.42 Å². The van der Waals surface area contributed by atoms with E-state index in [4.69, 9.17) is 32.7 Å². The Morgan fingerprint density at radius 3 is 2.50 bits per heavy atom. The highest BCUT2D eigenvalue weighted by molar-refractivity contribution is 7.92. The average molecular weight is 491 g/mol. The number of sulfonamides is 1. The highest BCUT2D eigenvalue weighted by atomic mass is 35.5. The van der Waals surface area contributed by atoms with Crippen LogP contribution in [-0.2, 0) is 14.8 Å². The van der Waals surface area contributed by atoms with E-state index in [1.54, 1.807) is 36.4 Å². The van der Waals surface area contributed by atoms with Crippen molar-refractivity contribution in [3.8, 4) is 11.5 Å². The maximum atomic E-state index is 12.6. The number of nitrogens with one attached hydrogen (secondary N) is 2. The molecule has 0 saturated carbocycles. The second-order valence-electron chi connectivity index (χ2n) is 6.67. The fourth-order valence-electron chi connectivity index (χ4n) is 2.88. The summed E-state index contributed by atoms with van der Waals surface area (Å²) >= 11 is 12.0. The van der Waals surface area contributed by atoms with Gasteiger partial charge in [-0.05, 0) is 60.2 Å². The first-order chi connectivity index (χ1) is 15.3. The fourth-order valence-corrected chi connectivity index (χ4v) is 4.35. The van der Waals surface area contributed by atoms with Gasteiger partial charge in [0.2, 0.25) is 12.7 Å². The van der Waals surface area contributed by atoms with Crippen molar-refractivity contribution in [2.24, 2.45) is 0 Å². The van der Waals surface area contributed by atoms with E-state index < -0.39 is 10.0 Å². The van der Waals surface area contributed by atoms with Crippen LogP contribution in [0.1, 0.15) is 5.56 Å². The van der Waals surface area contributed by atoms with E-state index >= 15 is 0 Å². The number of anilines is 2. The minimum Gasteiger partial charge on any atom is -0.454 e. The van der Waals surface area contributed by atoms with Crippen LogP contribution in [0, 0.1) is 0 Å². The number of fused-ring (bicyclic) bond motifs is 1. The van der Waals surface area contributed by atoms with Crippen molar-refractivity contribution >= 4 is 56.6 Å². The Kier molecular flexibility index (Phi) is 6.27. The van der Waals surface area contributed by atoms with Crippen molar-refractivity contribution in [3.05, 3.63) is 82.3 Å². The normalized spacial score (nSPS) is 12.7. The lowest BCUT2D eigenvalue weighted by atomic mass is 10.2. The summed E-state index contributed by atoms with van der Waals surface area (Å²) in [6.45, 7) is 0.177. The molecule has 4 rings (SSSR count). The van der Waals surface area contributed by atoms with Gasteiger partial charge in [-0.1, -0.05) is 35.3 Å². The first-order valence-corrected chi connectivity index (χ1v) is 11.5. The molecule has 0 atom stereocenters. The SMILES string of the molecule is O=C(/C=C/c1ccc2c(c1)OCO2)Nc1ccc(S(=O)(=O)Nc2cccc(Cl)c2Cl)cc1. The van der Waals surface area contributed by atoms with Crippen LogP contribution in [0.5, 0.6) is 11.5 Å². The summed E-state index contributed by atoms with van der Waals surface area (Å²) in [6.07, 6.45) is 3.00. The molecule has 0 saturated heterocycles. The van der Waals surface area contributed by atoms with Crippen molar-refractivity contribution in [1.82, 2.24) is 0 Å². The fraction of sp³-hybridized carbons (Fsp3) is 0.0455. The van der Waals surface area contributed by atoms with Crippen LogP contribution in [0.4, 0.5) is 11.4 Å². The van der Waals surface area contributed by atoms with Crippen molar-refractivity contribution < 1.29 is 22.7 Å². The highest BCUT2D eigenvalue weighted by Crippen LogP contribution is 2.33. The predicted octanol–water partition coefficient (Wildman–Crippen LogP) is 5.17. The zero-order valence-corrected chi connectivity index (χ0v) is 18.7. The van der Waals surface area contributed by atoms with Crippen LogP contribution < -0.4 is 19.5 Å². The number of carbonyl (C=O) groups excluding carboxylic acids is 1. The number of carbonyl (C=O) groups is 1. The number of rotatable bonds is 6. The molecule has 0 unspecified atom stereocenters. The molecule has 0 fully saturated rings. The van der Waals surface area contributed by atoms with Crippen molar-refractivity contribution in [1.29, 1.82) is 0 Å². The van der Waals surface area contributed by atoms with Gasteiger partial charge in [-0.3, -0.25) is 9.52 Å². The number of halogens is 2. The lowest BCUT2D eigenvalue weighted by molar-refractivity contribution is -0.111. The minimum atomic E-state index is -3.89. The van der Waals surface area contributed by atoms with E-state index in [1.165, 1.54) is 36.4 Å². The van der Waals surface area contributed by atoms with Gasteiger partial charge in [0.25, 0.3) is 10.0 Å². The molecule has 1 aliphatic rings. The predicted molar refractivity (Wildman–Crippen MR) is 124 cm³/mol. The number of amides is 1. The van der Waals surface area contributed by atoms with E-state index in [0.717, 1.165) is 5.56 Å². The van der Waals surface area contributed by atoms with E-state index in [2.05, 4.69) is 10.0 Å². The van der Waals surface area contributed by atoms with Gasteiger partial charge in [-0.2, -0.15) is 0 Å². The third-order valence-corrected chi connectivity index (χ3v) is 6.65. The molecule has 7 nitrogen and oxygen atoms in total. The Bertz CT molecular complexity index is 1310. The Morgan fingerprint density at radius 1 is 0.969 bits per heavy atom.